The molecule has 1 aliphatic rings. The van der Waals surface area contributed by atoms with Gasteiger partial charge in [0.2, 0.25) is 0 Å². The summed E-state index contributed by atoms with van der Waals surface area (Å²) >= 11 is 0. The van der Waals surface area contributed by atoms with Crippen molar-refractivity contribution in [3.8, 4) is 12.3 Å². The van der Waals surface area contributed by atoms with E-state index in [-0.39, 0.29) is 5.92 Å². The number of hydrogen-bond acceptors (Lipinski definition) is 2. The normalized spacial score (nSPS) is 26.7. The molecule has 2 atom stereocenters. The van der Waals surface area contributed by atoms with Crippen LogP contribution in [0.5, 0.6) is 0 Å². The monoisotopic (exact) mass is 185 g/mol. The number of piperidine rings is 1. The van der Waals surface area contributed by atoms with Gasteiger partial charge in [-0.25, -0.2) is 4.39 Å². The fraction of sp³-hybridized carbons (Fsp3) is 0.800. The van der Waals surface area contributed by atoms with E-state index < -0.39 is 12.8 Å². The van der Waals surface area contributed by atoms with Crippen LogP contribution in [0.25, 0.3) is 0 Å². The molecular formula is C10H16FNO. The molecule has 0 spiro atoms. The minimum Gasteiger partial charge on any atom is -0.389 e. The van der Waals surface area contributed by atoms with E-state index in [1.54, 1.807) is 0 Å². The molecule has 0 bridgehead atoms. The molecule has 1 fully saturated rings. The Balaban J connectivity index is 2.30. The average molecular weight is 185 g/mol. The van der Waals surface area contributed by atoms with Crippen molar-refractivity contribution in [2.45, 2.75) is 18.9 Å². The van der Waals surface area contributed by atoms with Crippen molar-refractivity contribution in [3.63, 3.8) is 0 Å². The fourth-order valence-electron chi connectivity index (χ4n) is 1.70. The number of aliphatic hydroxyl groups is 1. The largest absolute Gasteiger partial charge is 0.389 e. The Morgan fingerprint density at radius 3 is 3.08 bits per heavy atom. The van der Waals surface area contributed by atoms with Gasteiger partial charge in [-0.1, -0.05) is 0 Å². The van der Waals surface area contributed by atoms with Crippen molar-refractivity contribution in [2.75, 3.05) is 26.3 Å². The van der Waals surface area contributed by atoms with Gasteiger partial charge in [-0.3, -0.25) is 4.90 Å². The Hall–Kier alpha value is -0.590. The standard InChI is InChI=1S/C10H16FNO/c1-2-9-4-3-5-12(7-9)8-10(13)6-11/h1,9-10,13H,3-8H2. The number of aliphatic hydroxyl groups excluding tert-OH is 1. The molecular weight excluding hydrogens is 169 g/mol. The molecule has 0 aromatic rings. The van der Waals surface area contributed by atoms with Crippen LogP contribution in [0.2, 0.25) is 0 Å². The highest BCUT2D eigenvalue weighted by Crippen LogP contribution is 2.15. The summed E-state index contributed by atoms with van der Waals surface area (Å²) in [4.78, 5) is 2.04. The van der Waals surface area contributed by atoms with Crippen LogP contribution < -0.4 is 0 Å². The van der Waals surface area contributed by atoms with Crippen molar-refractivity contribution < 1.29 is 9.50 Å². The third-order valence-corrected chi connectivity index (χ3v) is 2.39. The number of hydrogen-bond donors (Lipinski definition) is 1. The first-order valence-electron chi connectivity index (χ1n) is 4.68. The Morgan fingerprint density at radius 1 is 1.69 bits per heavy atom. The zero-order valence-electron chi connectivity index (χ0n) is 7.75. The van der Waals surface area contributed by atoms with Gasteiger partial charge >= 0.3 is 0 Å². The summed E-state index contributed by atoms with van der Waals surface area (Å²) in [5.41, 5.74) is 0. The van der Waals surface area contributed by atoms with Crippen LogP contribution in [0.3, 0.4) is 0 Å². The zero-order valence-corrected chi connectivity index (χ0v) is 7.75. The third kappa shape index (κ3) is 3.33. The van der Waals surface area contributed by atoms with E-state index in [0.717, 1.165) is 25.9 Å². The molecule has 1 heterocycles. The Kier molecular flexibility index (Phi) is 4.20. The van der Waals surface area contributed by atoms with E-state index >= 15 is 0 Å². The lowest BCUT2D eigenvalue weighted by atomic mass is 9.99. The summed E-state index contributed by atoms with van der Waals surface area (Å²) in [5.74, 6) is 2.99. The summed E-state index contributed by atoms with van der Waals surface area (Å²) in [6.45, 7) is 1.47. The number of β-amino-alcohol motifs (C(OH)–C–C–N with tert-alkyl or cyclic N) is 1. The van der Waals surface area contributed by atoms with E-state index in [2.05, 4.69) is 5.92 Å². The smallest absolute Gasteiger partial charge is 0.117 e. The molecule has 0 radical (unpaired) electrons. The van der Waals surface area contributed by atoms with Crippen LogP contribution in [0.15, 0.2) is 0 Å². The molecule has 3 heteroatoms. The van der Waals surface area contributed by atoms with Crippen LogP contribution in [0.4, 0.5) is 4.39 Å². The number of terminal acetylenes is 1. The topological polar surface area (TPSA) is 23.5 Å². The predicted molar refractivity (Wildman–Crippen MR) is 50.0 cm³/mol. The van der Waals surface area contributed by atoms with Gasteiger partial charge in [-0.05, 0) is 19.4 Å². The lowest BCUT2D eigenvalue weighted by molar-refractivity contribution is 0.0747. The predicted octanol–water partition coefficient (Wildman–Crippen LogP) is 0.662. The number of nitrogens with zero attached hydrogens (tertiary/aromatic N) is 1. The van der Waals surface area contributed by atoms with Crippen molar-refractivity contribution in [1.29, 1.82) is 0 Å². The van der Waals surface area contributed by atoms with Crippen molar-refractivity contribution >= 4 is 0 Å². The third-order valence-electron chi connectivity index (χ3n) is 2.39. The molecule has 1 rings (SSSR count). The number of rotatable bonds is 3. The Labute approximate surface area is 78.7 Å². The molecule has 0 aliphatic carbocycles. The average Bonchev–Trinajstić information content (AvgIpc) is 2.18. The van der Waals surface area contributed by atoms with E-state index in [4.69, 9.17) is 11.5 Å². The first-order chi connectivity index (χ1) is 6.26. The van der Waals surface area contributed by atoms with Gasteiger partial charge in [-0.15, -0.1) is 12.3 Å². The van der Waals surface area contributed by atoms with Gasteiger partial charge in [0.15, 0.2) is 0 Å². The highest BCUT2D eigenvalue weighted by Gasteiger charge is 2.19. The second-order valence-electron chi connectivity index (χ2n) is 3.57. The van der Waals surface area contributed by atoms with Gasteiger partial charge in [0.1, 0.15) is 6.67 Å². The van der Waals surface area contributed by atoms with Gasteiger partial charge in [0.25, 0.3) is 0 Å². The highest BCUT2D eigenvalue weighted by molar-refractivity contribution is 4.96. The van der Waals surface area contributed by atoms with Crippen molar-refractivity contribution in [2.24, 2.45) is 5.92 Å². The zero-order chi connectivity index (χ0) is 9.68. The van der Waals surface area contributed by atoms with Crippen molar-refractivity contribution in [3.05, 3.63) is 0 Å². The molecule has 0 aromatic carbocycles. The summed E-state index contributed by atoms with van der Waals surface area (Å²) in [7, 11) is 0. The van der Waals surface area contributed by atoms with Gasteiger partial charge < -0.3 is 5.11 Å². The summed E-state index contributed by atoms with van der Waals surface area (Å²) in [6, 6.07) is 0. The first kappa shape index (κ1) is 10.5. The van der Waals surface area contributed by atoms with Gasteiger partial charge in [0, 0.05) is 19.0 Å². The number of alkyl halides is 1. The molecule has 0 saturated carbocycles. The molecule has 2 nitrogen and oxygen atoms in total. The second kappa shape index (κ2) is 5.21. The molecule has 1 saturated heterocycles. The van der Waals surface area contributed by atoms with Crippen LogP contribution in [-0.4, -0.2) is 42.4 Å². The first-order valence-corrected chi connectivity index (χ1v) is 4.68. The van der Waals surface area contributed by atoms with E-state index in [9.17, 15) is 4.39 Å². The van der Waals surface area contributed by atoms with Crippen LogP contribution >= 0.6 is 0 Å². The lowest BCUT2D eigenvalue weighted by Crippen LogP contribution is -2.40. The molecule has 0 aromatic heterocycles. The Bertz CT molecular complexity index is 190. The quantitative estimate of drug-likeness (QED) is 0.653. The molecule has 13 heavy (non-hydrogen) atoms. The maximum atomic E-state index is 12.0. The van der Waals surface area contributed by atoms with E-state index in [0.29, 0.717) is 6.54 Å². The molecule has 74 valence electrons. The van der Waals surface area contributed by atoms with Crippen LogP contribution in [-0.2, 0) is 0 Å². The summed E-state index contributed by atoms with van der Waals surface area (Å²) < 4.78 is 12.0. The van der Waals surface area contributed by atoms with E-state index in [1.165, 1.54) is 0 Å². The van der Waals surface area contributed by atoms with Gasteiger partial charge in [0.05, 0.1) is 6.10 Å². The summed E-state index contributed by atoms with van der Waals surface area (Å²) in [5, 5.41) is 9.10. The molecule has 1 aliphatic heterocycles. The fourth-order valence-corrected chi connectivity index (χ4v) is 1.70. The van der Waals surface area contributed by atoms with Gasteiger partial charge in [-0.2, -0.15) is 0 Å². The summed E-state index contributed by atoms with van der Waals surface area (Å²) in [6.07, 6.45) is 6.57. The SMILES string of the molecule is C#CC1CCCN(CC(O)CF)C1. The molecule has 1 N–H and O–H groups in total. The van der Waals surface area contributed by atoms with Crippen molar-refractivity contribution in [1.82, 2.24) is 4.90 Å². The van der Waals surface area contributed by atoms with Crippen LogP contribution in [0.1, 0.15) is 12.8 Å². The second-order valence-corrected chi connectivity index (χ2v) is 3.57. The molecule has 2 unspecified atom stereocenters. The lowest BCUT2D eigenvalue weighted by Gasteiger charge is -2.31. The maximum Gasteiger partial charge on any atom is 0.117 e. The highest BCUT2D eigenvalue weighted by atomic mass is 19.1. The Morgan fingerprint density at radius 2 is 2.46 bits per heavy atom. The maximum absolute atomic E-state index is 12.0. The molecule has 0 amide bonds. The minimum atomic E-state index is -0.850. The van der Waals surface area contributed by atoms with E-state index in [1.807, 2.05) is 4.90 Å². The minimum absolute atomic E-state index is 0.278. The van der Waals surface area contributed by atoms with Crippen LogP contribution in [0, 0.1) is 18.3 Å². The number of likely N-dealkylation sites (tertiary alicyclic amines) is 1. The number of halogens is 1.